The van der Waals surface area contributed by atoms with Gasteiger partial charge in [0.05, 0.1) is 0 Å². The molecule has 2 atom stereocenters. The third-order valence-corrected chi connectivity index (χ3v) is 4.60. The average Bonchev–Trinajstić information content (AvgIpc) is 2.17. The molecule has 0 amide bonds. The predicted molar refractivity (Wildman–Crippen MR) is 73.7 cm³/mol. The molecule has 0 aliphatic rings. The fourth-order valence-electron chi connectivity index (χ4n) is 1.57. The largest absolute Gasteiger partial charge is 0.0891 e. The van der Waals surface area contributed by atoms with Gasteiger partial charge in [-0.3, -0.25) is 0 Å². The summed E-state index contributed by atoms with van der Waals surface area (Å²) in [6.07, 6.45) is 10.8. The van der Waals surface area contributed by atoms with E-state index in [-0.39, 0.29) is 0 Å². The molecule has 0 rings (SSSR count). The predicted octanol–water partition coefficient (Wildman–Crippen LogP) is 5.67. The highest BCUT2D eigenvalue weighted by Crippen LogP contribution is 2.18. The van der Waals surface area contributed by atoms with Gasteiger partial charge >= 0.3 is 0 Å². The average molecular weight is 328 g/mol. The standard InChI is InChI=1S/C12H24Br2/c1-3-8-12(14)10-7-5-6-9-11(13)4-2/h11-12H,3-10H2,1-2H3. The zero-order valence-corrected chi connectivity index (χ0v) is 12.7. The highest BCUT2D eigenvalue weighted by molar-refractivity contribution is 9.09. The van der Waals surface area contributed by atoms with Crippen molar-refractivity contribution >= 4 is 31.9 Å². The van der Waals surface area contributed by atoms with Gasteiger partial charge in [-0.25, -0.2) is 0 Å². The highest BCUT2D eigenvalue weighted by Gasteiger charge is 2.03. The first-order chi connectivity index (χ1) is 6.70. The van der Waals surface area contributed by atoms with Crippen molar-refractivity contribution in [3.63, 3.8) is 0 Å². The Hall–Kier alpha value is 0.960. The normalized spacial score (nSPS) is 15.4. The molecule has 0 heterocycles. The molecule has 0 saturated carbocycles. The summed E-state index contributed by atoms with van der Waals surface area (Å²) >= 11 is 7.40. The fourth-order valence-corrected chi connectivity index (χ4v) is 2.68. The highest BCUT2D eigenvalue weighted by atomic mass is 79.9. The summed E-state index contributed by atoms with van der Waals surface area (Å²) in [5.41, 5.74) is 0. The van der Waals surface area contributed by atoms with Gasteiger partial charge in [-0.2, -0.15) is 0 Å². The first-order valence-corrected chi connectivity index (χ1v) is 7.81. The van der Waals surface area contributed by atoms with Crippen LogP contribution in [0, 0.1) is 0 Å². The maximum absolute atomic E-state index is 3.72. The molecular formula is C12H24Br2. The molecule has 86 valence electrons. The van der Waals surface area contributed by atoms with Gasteiger partial charge in [-0.1, -0.05) is 71.4 Å². The van der Waals surface area contributed by atoms with Crippen LogP contribution in [0.3, 0.4) is 0 Å². The molecule has 0 spiro atoms. The smallest absolute Gasteiger partial charge is 0.0145 e. The summed E-state index contributed by atoms with van der Waals surface area (Å²) in [6, 6.07) is 0. The Bertz CT molecular complexity index is 115. The number of rotatable bonds is 9. The fraction of sp³-hybridized carbons (Fsp3) is 1.00. The van der Waals surface area contributed by atoms with Gasteiger partial charge in [0.1, 0.15) is 0 Å². The van der Waals surface area contributed by atoms with Gasteiger partial charge in [0.2, 0.25) is 0 Å². The Morgan fingerprint density at radius 2 is 1.36 bits per heavy atom. The minimum absolute atomic E-state index is 0.748. The summed E-state index contributed by atoms with van der Waals surface area (Å²) in [5, 5.41) is 0. The van der Waals surface area contributed by atoms with Crippen molar-refractivity contribution in [1.29, 1.82) is 0 Å². The van der Waals surface area contributed by atoms with Gasteiger partial charge in [0.15, 0.2) is 0 Å². The van der Waals surface area contributed by atoms with Crippen LogP contribution in [-0.4, -0.2) is 9.65 Å². The maximum Gasteiger partial charge on any atom is 0.0145 e. The zero-order chi connectivity index (χ0) is 10.8. The Balaban J connectivity index is 3.13. The number of hydrogen-bond donors (Lipinski definition) is 0. The summed E-state index contributed by atoms with van der Waals surface area (Å²) in [5.74, 6) is 0. The Kier molecular flexibility index (Phi) is 11.2. The van der Waals surface area contributed by atoms with Crippen LogP contribution in [0.2, 0.25) is 0 Å². The molecule has 0 aliphatic heterocycles. The molecule has 0 fully saturated rings. The second-order valence-corrected chi connectivity index (χ2v) is 6.62. The lowest BCUT2D eigenvalue weighted by molar-refractivity contribution is 0.580. The SMILES string of the molecule is CCCC(Br)CCCCCC(Br)CC. The number of hydrogen-bond acceptors (Lipinski definition) is 0. The van der Waals surface area contributed by atoms with Crippen LogP contribution in [0.1, 0.15) is 65.2 Å². The van der Waals surface area contributed by atoms with E-state index in [0.717, 1.165) is 9.65 Å². The van der Waals surface area contributed by atoms with Crippen LogP contribution in [0.5, 0.6) is 0 Å². The van der Waals surface area contributed by atoms with Crippen LogP contribution in [0.4, 0.5) is 0 Å². The van der Waals surface area contributed by atoms with Crippen molar-refractivity contribution in [1.82, 2.24) is 0 Å². The van der Waals surface area contributed by atoms with E-state index >= 15 is 0 Å². The molecule has 0 aromatic carbocycles. The lowest BCUT2D eigenvalue weighted by Gasteiger charge is -2.09. The third-order valence-electron chi connectivity index (χ3n) is 2.58. The molecular weight excluding hydrogens is 304 g/mol. The lowest BCUT2D eigenvalue weighted by Crippen LogP contribution is -1.98. The monoisotopic (exact) mass is 326 g/mol. The number of alkyl halides is 2. The van der Waals surface area contributed by atoms with Crippen LogP contribution in [0.25, 0.3) is 0 Å². The molecule has 0 aromatic rings. The van der Waals surface area contributed by atoms with Crippen LogP contribution < -0.4 is 0 Å². The first kappa shape index (κ1) is 15.0. The van der Waals surface area contributed by atoms with E-state index in [2.05, 4.69) is 45.7 Å². The molecule has 0 saturated heterocycles. The second-order valence-electron chi connectivity index (χ2n) is 4.03. The maximum atomic E-state index is 3.72. The van der Waals surface area contributed by atoms with E-state index in [0.29, 0.717) is 0 Å². The zero-order valence-electron chi connectivity index (χ0n) is 9.57. The van der Waals surface area contributed by atoms with E-state index in [1.165, 1.54) is 51.4 Å². The van der Waals surface area contributed by atoms with Gasteiger partial charge < -0.3 is 0 Å². The summed E-state index contributed by atoms with van der Waals surface area (Å²) in [4.78, 5) is 1.51. The molecule has 2 unspecified atom stereocenters. The molecule has 0 nitrogen and oxygen atoms in total. The molecule has 14 heavy (non-hydrogen) atoms. The van der Waals surface area contributed by atoms with Crippen LogP contribution in [0.15, 0.2) is 0 Å². The molecule has 0 aliphatic carbocycles. The topological polar surface area (TPSA) is 0 Å². The molecule has 0 aromatic heterocycles. The van der Waals surface area contributed by atoms with Gasteiger partial charge in [-0.05, 0) is 25.7 Å². The Labute approximate surface area is 106 Å². The van der Waals surface area contributed by atoms with E-state index in [1.807, 2.05) is 0 Å². The van der Waals surface area contributed by atoms with Crippen molar-refractivity contribution in [2.75, 3.05) is 0 Å². The van der Waals surface area contributed by atoms with E-state index in [1.54, 1.807) is 0 Å². The Morgan fingerprint density at radius 1 is 0.786 bits per heavy atom. The molecule has 0 radical (unpaired) electrons. The summed E-state index contributed by atoms with van der Waals surface area (Å²) in [6.45, 7) is 4.50. The number of unbranched alkanes of at least 4 members (excludes halogenated alkanes) is 2. The van der Waals surface area contributed by atoms with E-state index in [9.17, 15) is 0 Å². The lowest BCUT2D eigenvalue weighted by atomic mass is 10.1. The van der Waals surface area contributed by atoms with Crippen LogP contribution >= 0.6 is 31.9 Å². The van der Waals surface area contributed by atoms with Gasteiger partial charge in [0, 0.05) is 9.65 Å². The second kappa shape index (κ2) is 10.5. The first-order valence-electron chi connectivity index (χ1n) is 5.98. The third kappa shape index (κ3) is 9.51. The minimum Gasteiger partial charge on any atom is -0.0891 e. The minimum atomic E-state index is 0.748. The van der Waals surface area contributed by atoms with Crippen molar-refractivity contribution in [3.05, 3.63) is 0 Å². The molecule has 0 N–H and O–H groups in total. The van der Waals surface area contributed by atoms with Gasteiger partial charge in [0.25, 0.3) is 0 Å². The Morgan fingerprint density at radius 3 is 1.86 bits per heavy atom. The van der Waals surface area contributed by atoms with Gasteiger partial charge in [-0.15, -0.1) is 0 Å². The number of halogens is 2. The van der Waals surface area contributed by atoms with Crippen molar-refractivity contribution in [2.45, 2.75) is 74.9 Å². The van der Waals surface area contributed by atoms with E-state index < -0.39 is 0 Å². The molecule has 2 heteroatoms. The van der Waals surface area contributed by atoms with Crippen molar-refractivity contribution < 1.29 is 0 Å². The van der Waals surface area contributed by atoms with E-state index in [4.69, 9.17) is 0 Å². The van der Waals surface area contributed by atoms with Crippen molar-refractivity contribution in [3.8, 4) is 0 Å². The van der Waals surface area contributed by atoms with Crippen LogP contribution in [-0.2, 0) is 0 Å². The summed E-state index contributed by atoms with van der Waals surface area (Å²) < 4.78 is 0. The van der Waals surface area contributed by atoms with Crippen molar-refractivity contribution in [2.24, 2.45) is 0 Å². The quantitative estimate of drug-likeness (QED) is 0.378. The summed E-state index contributed by atoms with van der Waals surface area (Å²) in [7, 11) is 0. The molecule has 0 bridgehead atoms.